The summed E-state index contributed by atoms with van der Waals surface area (Å²) in [7, 11) is -1.96. The normalized spacial score (nSPS) is 11.4. The fourth-order valence-corrected chi connectivity index (χ4v) is 1.24. The summed E-state index contributed by atoms with van der Waals surface area (Å²) >= 11 is 0. The highest BCUT2D eigenvalue weighted by Gasteiger charge is 2.32. The van der Waals surface area contributed by atoms with Crippen LogP contribution in [0.1, 0.15) is 18.9 Å². The van der Waals surface area contributed by atoms with Crippen LogP contribution < -0.4 is 10.2 Å². The van der Waals surface area contributed by atoms with Crippen molar-refractivity contribution in [1.29, 1.82) is 0 Å². The van der Waals surface area contributed by atoms with Gasteiger partial charge in [-0.2, -0.15) is 13.2 Å². The number of ether oxygens (including phenoxy) is 1. The second kappa shape index (κ2) is 5.42. The lowest BCUT2D eigenvalue weighted by atomic mass is 9.79. The highest BCUT2D eigenvalue weighted by Crippen LogP contribution is 2.30. The van der Waals surface area contributed by atoms with Gasteiger partial charge in [-0.3, -0.25) is 0 Å². The third-order valence-corrected chi connectivity index (χ3v) is 2.03. The van der Waals surface area contributed by atoms with Gasteiger partial charge in [-0.1, -0.05) is 6.92 Å². The second-order valence-electron chi connectivity index (χ2n) is 3.51. The Labute approximate surface area is 97.0 Å². The number of benzene rings is 1. The Morgan fingerprint density at radius 3 is 2.35 bits per heavy atom. The van der Waals surface area contributed by atoms with E-state index in [0.717, 1.165) is 6.07 Å². The summed E-state index contributed by atoms with van der Waals surface area (Å²) in [4.78, 5) is 0. The molecule has 0 heterocycles. The van der Waals surface area contributed by atoms with Crippen molar-refractivity contribution < 1.29 is 28.0 Å². The van der Waals surface area contributed by atoms with E-state index in [9.17, 15) is 13.2 Å². The standard InChI is InChI=1S/C10H12BF3O3/c1-2-3-17-9-5-7(10(12,13)14)4-8(6-9)11(15)16/h4-6,15-16H,2-3H2,1H3. The molecule has 1 rings (SSSR count). The maximum atomic E-state index is 12.5. The first-order valence-electron chi connectivity index (χ1n) is 5.05. The van der Waals surface area contributed by atoms with Gasteiger partial charge in [0.25, 0.3) is 0 Å². The van der Waals surface area contributed by atoms with Gasteiger partial charge in [-0.05, 0) is 30.1 Å². The first-order chi connectivity index (χ1) is 7.84. The predicted molar refractivity (Wildman–Crippen MR) is 57.1 cm³/mol. The van der Waals surface area contributed by atoms with Crippen LogP contribution in [0.3, 0.4) is 0 Å². The van der Waals surface area contributed by atoms with Crippen molar-refractivity contribution in [3.63, 3.8) is 0 Å². The van der Waals surface area contributed by atoms with Gasteiger partial charge in [-0.25, -0.2) is 0 Å². The molecule has 0 aromatic heterocycles. The number of rotatable bonds is 4. The number of halogens is 3. The minimum Gasteiger partial charge on any atom is -0.494 e. The van der Waals surface area contributed by atoms with Gasteiger partial charge in [0, 0.05) is 0 Å². The van der Waals surface area contributed by atoms with Gasteiger partial charge in [0.2, 0.25) is 0 Å². The molecule has 3 nitrogen and oxygen atoms in total. The van der Waals surface area contributed by atoms with E-state index in [2.05, 4.69) is 0 Å². The summed E-state index contributed by atoms with van der Waals surface area (Å²) in [5.41, 5.74) is -1.21. The van der Waals surface area contributed by atoms with Crippen LogP contribution in [0.15, 0.2) is 18.2 Å². The van der Waals surface area contributed by atoms with Crippen molar-refractivity contribution in [3.8, 4) is 5.75 Å². The predicted octanol–water partition coefficient (Wildman–Crippen LogP) is 1.17. The molecule has 0 bridgehead atoms. The molecule has 2 N–H and O–H groups in total. The fourth-order valence-electron chi connectivity index (χ4n) is 1.24. The Morgan fingerprint density at radius 2 is 1.88 bits per heavy atom. The van der Waals surface area contributed by atoms with E-state index < -0.39 is 18.9 Å². The Morgan fingerprint density at radius 1 is 1.24 bits per heavy atom. The van der Waals surface area contributed by atoms with Crippen LogP contribution >= 0.6 is 0 Å². The van der Waals surface area contributed by atoms with E-state index in [1.54, 1.807) is 0 Å². The zero-order valence-corrected chi connectivity index (χ0v) is 9.16. The topological polar surface area (TPSA) is 49.7 Å². The zero-order valence-electron chi connectivity index (χ0n) is 9.16. The lowest BCUT2D eigenvalue weighted by Gasteiger charge is -2.12. The molecular weight excluding hydrogens is 236 g/mol. The molecule has 0 unspecified atom stereocenters. The fraction of sp³-hybridized carbons (Fsp3) is 0.400. The summed E-state index contributed by atoms with van der Waals surface area (Å²) in [5.74, 6) is -0.0234. The molecule has 7 heteroatoms. The minimum atomic E-state index is -4.55. The number of hydrogen-bond acceptors (Lipinski definition) is 3. The third-order valence-electron chi connectivity index (χ3n) is 2.03. The number of alkyl halides is 3. The molecule has 0 radical (unpaired) electrons. The van der Waals surface area contributed by atoms with Crippen LogP contribution in [0.4, 0.5) is 13.2 Å². The maximum Gasteiger partial charge on any atom is 0.488 e. The molecular formula is C10H12BF3O3. The summed E-state index contributed by atoms with van der Waals surface area (Å²) in [5, 5.41) is 17.8. The van der Waals surface area contributed by atoms with Crippen LogP contribution in [0.5, 0.6) is 5.75 Å². The Balaban J connectivity index is 3.10. The van der Waals surface area contributed by atoms with Gasteiger partial charge in [0.1, 0.15) is 5.75 Å². The minimum absolute atomic E-state index is 0.0234. The zero-order chi connectivity index (χ0) is 13.1. The van der Waals surface area contributed by atoms with Gasteiger partial charge >= 0.3 is 13.3 Å². The van der Waals surface area contributed by atoms with E-state index in [1.165, 1.54) is 6.07 Å². The van der Waals surface area contributed by atoms with Crippen molar-refractivity contribution >= 4 is 12.6 Å². The SMILES string of the molecule is CCCOc1cc(B(O)O)cc(C(F)(F)F)c1. The average molecular weight is 248 g/mol. The van der Waals surface area contributed by atoms with E-state index in [-0.39, 0.29) is 17.8 Å². The molecule has 0 amide bonds. The van der Waals surface area contributed by atoms with Gasteiger partial charge in [0.15, 0.2) is 0 Å². The first kappa shape index (κ1) is 13.9. The van der Waals surface area contributed by atoms with Crippen LogP contribution in [0.2, 0.25) is 0 Å². The van der Waals surface area contributed by atoms with E-state index in [4.69, 9.17) is 14.8 Å². The summed E-state index contributed by atoms with van der Waals surface area (Å²) in [6.45, 7) is 2.08. The van der Waals surface area contributed by atoms with E-state index in [0.29, 0.717) is 12.5 Å². The van der Waals surface area contributed by atoms with Crippen LogP contribution in [-0.2, 0) is 6.18 Å². The van der Waals surface area contributed by atoms with Gasteiger partial charge in [0.05, 0.1) is 12.2 Å². The molecule has 0 saturated heterocycles. The molecule has 0 fully saturated rings. The molecule has 1 aromatic rings. The monoisotopic (exact) mass is 248 g/mol. The molecule has 0 aliphatic rings. The summed E-state index contributed by atoms with van der Waals surface area (Å²) < 4.78 is 42.6. The van der Waals surface area contributed by atoms with Gasteiger partial charge in [-0.15, -0.1) is 0 Å². The molecule has 0 spiro atoms. The highest BCUT2D eigenvalue weighted by atomic mass is 19.4. The second-order valence-corrected chi connectivity index (χ2v) is 3.51. The van der Waals surface area contributed by atoms with Crippen LogP contribution in [0.25, 0.3) is 0 Å². The summed E-state index contributed by atoms with van der Waals surface area (Å²) in [6, 6.07) is 2.70. The largest absolute Gasteiger partial charge is 0.494 e. The van der Waals surface area contributed by atoms with Gasteiger partial charge < -0.3 is 14.8 Å². The lowest BCUT2D eigenvalue weighted by molar-refractivity contribution is -0.137. The van der Waals surface area contributed by atoms with Crippen molar-refractivity contribution in [2.45, 2.75) is 19.5 Å². The highest BCUT2D eigenvalue weighted by molar-refractivity contribution is 6.58. The third kappa shape index (κ3) is 3.94. The quantitative estimate of drug-likeness (QED) is 0.786. The van der Waals surface area contributed by atoms with E-state index >= 15 is 0 Å². The molecule has 17 heavy (non-hydrogen) atoms. The van der Waals surface area contributed by atoms with Crippen molar-refractivity contribution in [2.75, 3.05) is 6.61 Å². The number of hydrogen-bond donors (Lipinski definition) is 2. The summed E-state index contributed by atoms with van der Waals surface area (Å²) in [6.07, 6.45) is -3.90. The van der Waals surface area contributed by atoms with Crippen molar-refractivity contribution in [3.05, 3.63) is 23.8 Å². The molecule has 0 aliphatic carbocycles. The maximum absolute atomic E-state index is 12.5. The van der Waals surface area contributed by atoms with Crippen molar-refractivity contribution in [1.82, 2.24) is 0 Å². The first-order valence-corrected chi connectivity index (χ1v) is 5.05. The Bertz CT molecular complexity index is 380. The smallest absolute Gasteiger partial charge is 0.488 e. The Hall–Kier alpha value is -1.21. The van der Waals surface area contributed by atoms with Crippen LogP contribution in [-0.4, -0.2) is 23.8 Å². The van der Waals surface area contributed by atoms with Crippen LogP contribution in [0, 0.1) is 0 Å². The molecule has 0 aliphatic heterocycles. The molecule has 0 atom stereocenters. The van der Waals surface area contributed by atoms with Crippen molar-refractivity contribution in [2.24, 2.45) is 0 Å². The molecule has 1 aromatic carbocycles. The lowest BCUT2D eigenvalue weighted by Crippen LogP contribution is -2.31. The van der Waals surface area contributed by atoms with E-state index in [1.807, 2.05) is 6.92 Å². The Kier molecular flexibility index (Phi) is 4.42. The molecule has 0 saturated carbocycles. The molecule has 94 valence electrons. The average Bonchev–Trinajstić information content (AvgIpc) is 2.24.